The van der Waals surface area contributed by atoms with Crippen molar-refractivity contribution < 1.29 is 18.0 Å². The van der Waals surface area contributed by atoms with E-state index in [1.54, 1.807) is 0 Å². The lowest BCUT2D eigenvalue weighted by atomic mass is 10.0. The average molecular weight is 563 g/mol. The van der Waals surface area contributed by atoms with E-state index in [0.717, 1.165) is 27.3 Å². The molecule has 196 valence electrons. The number of sulfonamides is 1. The Kier molecular flexibility index (Phi) is 9.59. The lowest BCUT2D eigenvalue weighted by Crippen LogP contribution is -2.52. The van der Waals surface area contributed by atoms with Gasteiger partial charge in [0, 0.05) is 25.0 Å². The minimum absolute atomic E-state index is 0.0834. The third kappa shape index (κ3) is 7.71. The third-order valence-corrected chi connectivity index (χ3v) is 7.49. The van der Waals surface area contributed by atoms with Gasteiger partial charge in [-0.2, -0.15) is 0 Å². The van der Waals surface area contributed by atoms with E-state index in [4.69, 9.17) is 23.2 Å². The first-order valence-corrected chi connectivity index (χ1v) is 14.1. The van der Waals surface area contributed by atoms with Gasteiger partial charge in [-0.25, -0.2) is 8.42 Å². The van der Waals surface area contributed by atoms with Crippen molar-refractivity contribution in [3.63, 3.8) is 0 Å². The molecular formula is C27H29Cl2N3O4S. The highest BCUT2D eigenvalue weighted by Crippen LogP contribution is 2.31. The highest BCUT2D eigenvalue weighted by atomic mass is 35.5. The molecule has 0 spiro atoms. The molecule has 0 aromatic heterocycles. The molecule has 0 aliphatic rings. The van der Waals surface area contributed by atoms with Gasteiger partial charge in [0.05, 0.1) is 17.0 Å². The number of benzene rings is 3. The highest BCUT2D eigenvalue weighted by molar-refractivity contribution is 7.92. The number of aryl methyl sites for hydroxylation is 1. The van der Waals surface area contributed by atoms with Crippen LogP contribution < -0.4 is 9.62 Å². The fourth-order valence-corrected chi connectivity index (χ4v) is 5.29. The molecule has 1 N–H and O–H groups in total. The van der Waals surface area contributed by atoms with Crippen LogP contribution in [-0.2, 0) is 32.6 Å². The number of likely N-dealkylation sites (N-methyl/N-ethyl adjacent to an activating group) is 1. The number of carbonyl (C=O) groups excluding carboxylic acids is 2. The van der Waals surface area contributed by atoms with Crippen LogP contribution in [0.5, 0.6) is 0 Å². The quantitative estimate of drug-likeness (QED) is 0.396. The minimum Gasteiger partial charge on any atom is -0.357 e. The summed E-state index contributed by atoms with van der Waals surface area (Å²) in [7, 11) is -2.43. The van der Waals surface area contributed by atoms with Crippen LogP contribution in [0, 0.1) is 6.92 Å². The third-order valence-electron chi connectivity index (χ3n) is 5.81. The molecule has 2 amide bonds. The molecule has 10 heteroatoms. The van der Waals surface area contributed by atoms with E-state index in [1.807, 2.05) is 61.5 Å². The van der Waals surface area contributed by atoms with Crippen molar-refractivity contribution in [3.8, 4) is 0 Å². The molecule has 3 rings (SSSR count). The molecule has 3 aromatic carbocycles. The van der Waals surface area contributed by atoms with Gasteiger partial charge < -0.3 is 10.2 Å². The van der Waals surface area contributed by atoms with Crippen LogP contribution in [-0.4, -0.2) is 51.0 Å². The lowest BCUT2D eigenvalue weighted by Gasteiger charge is -2.33. The van der Waals surface area contributed by atoms with Crippen molar-refractivity contribution in [2.24, 2.45) is 0 Å². The van der Waals surface area contributed by atoms with Crippen LogP contribution in [0.2, 0.25) is 10.0 Å². The maximum atomic E-state index is 13.9. The van der Waals surface area contributed by atoms with Gasteiger partial charge in [0.15, 0.2) is 0 Å². The Hall–Kier alpha value is -3.07. The number of nitrogens with zero attached hydrogens (tertiary/aromatic N) is 2. The Balaban J connectivity index is 2.06. The van der Waals surface area contributed by atoms with Crippen molar-refractivity contribution >= 4 is 50.7 Å². The Morgan fingerprint density at radius 1 is 0.946 bits per heavy atom. The summed E-state index contributed by atoms with van der Waals surface area (Å²) in [5.41, 5.74) is 2.74. The van der Waals surface area contributed by atoms with Gasteiger partial charge in [0.25, 0.3) is 0 Å². The monoisotopic (exact) mass is 561 g/mol. The van der Waals surface area contributed by atoms with Gasteiger partial charge in [-0.05, 0) is 36.2 Å². The summed E-state index contributed by atoms with van der Waals surface area (Å²) in [6.07, 6.45) is 1.23. The number of nitrogens with one attached hydrogen (secondary N) is 1. The summed E-state index contributed by atoms with van der Waals surface area (Å²) in [6, 6.07) is 20.4. The molecular weight excluding hydrogens is 533 g/mol. The minimum atomic E-state index is -3.93. The molecule has 37 heavy (non-hydrogen) atoms. The molecule has 7 nitrogen and oxygen atoms in total. The van der Waals surface area contributed by atoms with Crippen LogP contribution in [0.4, 0.5) is 5.69 Å². The molecule has 1 atom stereocenters. The number of carbonyl (C=O) groups is 2. The largest absolute Gasteiger partial charge is 0.357 e. The van der Waals surface area contributed by atoms with Crippen molar-refractivity contribution in [2.75, 3.05) is 24.2 Å². The summed E-state index contributed by atoms with van der Waals surface area (Å²) in [5.74, 6) is -0.927. The first-order chi connectivity index (χ1) is 17.5. The number of hydrogen-bond acceptors (Lipinski definition) is 4. The van der Waals surface area contributed by atoms with Crippen LogP contribution >= 0.6 is 23.2 Å². The maximum absolute atomic E-state index is 13.9. The van der Waals surface area contributed by atoms with Gasteiger partial charge in [-0.3, -0.25) is 13.9 Å². The molecule has 0 aliphatic carbocycles. The zero-order valence-electron chi connectivity index (χ0n) is 20.8. The smallest absolute Gasteiger partial charge is 0.244 e. The first-order valence-electron chi connectivity index (χ1n) is 11.5. The molecule has 0 fully saturated rings. The molecule has 0 heterocycles. The Morgan fingerprint density at radius 2 is 1.62 bits per heavy atom. The van der Waals surface area contributed by atoms with Crippen LogP contribution in [0.25, 0.3) is 0 Å². The van der Waals surface area contributed by atoms with Crippen molar-refractivity contribution in [1.82, 2.24) is 10.2 Å². The Morgan fingerprint density at radius 3 is 2.24 bits per heavy atom. The second-order valence-electron chi connectivity index (χ2n) is 8.70. The Bertz CT molecular complexity index is 1370. The molecule has 0 aliphatic heterocycles. The standard InChI is InChI=1S/C27H29Cl2N3O4S/c1-19-8-7-11-21(14-19)17-31(25(27(34)30-2)15-20-9-5-4-6-10-20)26(33)18-32(37(3,35)36)24-16-22(28)12-13-23(24)29/h4-14,16,25H,15,17-18H2,1-3H3,(H,30,34)/t25-/m1/s1. The normalized spacial score (nSPS) is 12.0. The average Bonchev–Trinajstić information content (AvgIpc) is 2.85. The summed E-state index contributed by atoms with van der Waals surface area (Å²) in [6.45, 7) is 1.47. The summed E-state index contributed by atoms with van der Waals surface area (Å²) >= 11 is 12.4. The predicted molar refractivity (Wildman–Crippen MR) is 148 cm³/mol. The summed E-state index contributed by atoms with van der Waals surface area (Å²) in [5, 5.41) is 3.04. The number of anilines is 1. The SMILES string of the molecule is CNC(=O)[C@@H](Cc1ccccc1)N(Cc1cccc(C)c1)C(=O)CN(c1cc(Cl)ccc1Cl)S(C)(=O)=O. The van der Waals surface area contributed by atoms with Crippen molar-refractivity contribution in [1.29, 1.82) is 0 Å². The topological polar surface area (TPSA) is 86.8 Å². The molecule has 0 bridgehead atoms. The van der Waals surface area contributed by atoms with E-state index in [9.17, 15) is 18.0 Å². The van der Waals surface area contributed by atoms with E-state index < -0.39 is 28.5 Å². The summed E-state index contributed by atoms with van der Waals surface area (Å²) < 4.78 is 26.5. The number of amides is 2. The number of halogens is 2. The second-order valence-corrected chi connectivity index (χ2v) is 11.4. The van der Waals surface area contributed by atoms with Gasteiger partial charge in [-0.1, -0.05) is 83.4 Å². The van der Waals surface area contributed by atoms with E-state index in [-0.39, 0.29) is 34.6 Å². The first kappa shape index (κ1) is 28.5. The fourth-order valence-electron chi connectivity index (χ4n) is 4.00. The zero-order chi connectivity index (χ0) is 27.2. The fraction of sp³-hybridized carbons (Fsp3) is 0.259. The van der Waals surface area contributed by atoms with E-state index in [0.29, 0.717) is 0 Å². The van der Waals surface area contributed by atoms with E-state index in [1.165, 1.54) is 30.1 Å². The van der Waals surface area contributed by atoms with Gasteiger partial charge in [0.2, 0.25) is 21.8 Å². The molecule has 0 saturated carbocycles. The van der Waals surface area contributed by atoms with E-state index in [2.05, 4.69) is 5.32 Å². The maximum Gasteiger partial charge on any atom is 0.244 e. The van der Waals surface area contributed by atoms with E-state index >= 15 is 0 Å². The second kappa shape index (κ2) is 12.4. The van der Waals surface area contributed by atoms with Gasteiger partial charge >= 0.3 is 0 Å². The van der Waals surface area contributed by atoms with Crippen molar-refractivity contribution in [3.05, 3.63) is 99.5 Å². The predicted octanol–water partition coefficient (Wildman–Crippen LogP) is 4.45. The molecule has 3 aromatic rings. The molecule has 0 radical (unpaired) electrons. The number of rotatable bonds is 10. The van der Waals surface area contributed by atoms with Crippen LogP contribution in [0.15, 0.2) is 72.8 Å². The molecule has 0 unspecified atom stereocenters. The summed E-state index contributed by atoms with van der Waals surface area (Å²) in [4.78, 5) is 28.4. The number of hydrogen-bond donors (Lipinski definition) is 1. The van der Waals surface area contributed by atoms with Crippen LogP contribution in [0.3, 0.4) is 0 Å². The van der Waals surface area contributed by atoms with Crippen molar-refractivity contribution in [2.45, 2.75) is 25.9 Å². The van der Waals surface area contributed by atoms with Gasteiger partial charge in [0.1, 0.15) is 12.6 Å². The van der Waals surface area contributed by atoms with Crippen LogP contribution in [0.1, 0.15) is 16.7 Å². The van der Waals surface area contributed by atoms with Gasteiger partial charge in [-0.15, -0.1) is 0 Å². The zero-order valence-corrected chi connectivity index (χ0v) is 23.1. The molecule has 0 saturated heterocycles. The highest BCUT2D eigenvalue weighted by Gasteiger charge is 2.33. The Labute approximate surface area is 228 Å². The lowest BCUT2D eigenvalue weighted by molar-refractivity contribution is -0.139.